The molecule has 1 N–H and O–H groups in total. The van der Waals surface area contributed by atoms with Gasteiger partial charge in [-0.05, 0) is 49.2 Å². The molecule has 1 aliphatic heterocycles. The van der Waals surface area contributed by atoms with E-state index >= 15 is 0 Å². The van der Waals surface area contributed by atoms with Crippen LogP contribution in [0, 0.1) is 13.8 Å². The number of thioether (sulfide) groups is 1. The number of hydrogen-bond donors (Lipinski definition) is 1. The van der Waals surface area contributed by atoms with Crippen molar-refractivity contribution in [2.45, 2.75) is 25.5 Å². The van der Waals surface area contributed by atoms with E-state index in [1.54, 1.807) is 25.2 Å². The van der Waals surface area contributed by atoms with Gasteiger partial charge >= 0.3 is 0 Å². The van der Waals surface area contributed by atoms with Crippen molar-refractivity contribution in [3.63, 3.8) is 0 Å². The lowest BCUT2D eigenvalue weighted by molar-refractivity contribution is -0.127. The van der Waals surface area contributed by atoms with Crippen LogP contribution >= 0.6 is 35.0 Å². The molecular weight excluding hydrogens is 417 g/mol. The Hall–Kier alpha value is -2.02. The van der Waals surface area contributed by atoms with Crippen molar-refractivity contribution >= 4 is 63.3 Å². The zero-order valence-corrected chi connectivity index (χ0v) is 18.0. The van der Waals surface area contributed by atoms with E-state index in [1.165, 1.54) is 16.7 Å². The molecule has 5 nitrogen and oxygen atoms in total. The first kappa shape index (κ1) is 20.7. The highest BCUT2D eigenvalue weighted by molar-refractivity contribution is 8.15. The maximum atomic E-state index is 12.5. The molecule has 0 saturated carbocycles. The SMILES string of the molecule is Cc1ccc(NC(=O)CC2SC(=Nc3cccc(Cl)c3Cl)N(C)C2=O)cc1C. The average Bonchev–Trinajstić information content (AvgIpc) is 2.90. The van der Waals surface area contributed by atoms with Crippen molar-refractivity contribution in [2.24, 2.45) is 4.99 Å². The van der Waals surface area contributed by atoms with Crippen LogP contribution in [0.1, 0.15) is 17.5 Å². The number of nitrogens with zero attached hydrogens (tertiary/aromatic N) is 2. The number of benzene rings is 2. The van der Waals surface area contributed by atoms with Gasteiger partial charge in [0.2, 0.25) is 11.8 Å². The van der Waals surface area contributed by atoms with Gasteiger partial charge in [-0.3, -0.25) is 14.5 Å². The van der Waals surface area contributed by atoms with Crippen LogP contribution in [-0.2, 0) is 9.59 Å². The quantitative estimate of drug-likeness (QED) is 0.717. The first-order valence-electron chi connectivity index (χ1n) is 8.60. The van der Waals surface area contributed by atoms with E-state index in [0.29, 0.717) is 20.9 Å². The van der Waals surface area contributed by atoms with E-state index in [2.05, 4.69) is 10.3 Å². The second-order valence-corrected chi connectivity index (χ2v) is 8.48. The monoisotopic (exact) mass is 435 g/mol. The molecule has 0 aliphatic carbocycles. The van der Waals surface area contributed by atoms with Crippen LogP contribution < -0.4 is 5.32 Å². The summed E-state index contributed by atoms with van der Waals surface area (Å²) in [6.07, 6.45) is 0.0586. The lowest BCUT2D eigenvalue weighted by atomic mass is 10.1. The normalized spacial score (nSPS) is 18.0. The number of rotatable bonds is 4. The molecule has 2 aromatic rings. The number of halogens is 2. The van der Waals surface area contributed by atoms with Crippen LogP contribution in [0.4, 0.5) is 11.4 Å². The Labute approximate surface area is 178 Å². The fourth-order valence-electron chi connectivity index (χ4n) is 2.68. The summed E-state index contributed by atoms with van der Waals surface area (Å²) in [5.41, 5.74) is 3.45. The Kier molecular flexibility index (Phi) is 6.33. The number of amides is 2. The zero-order chi connectivity index (χ0) is 20.4. The third-order valence-electron chi connectivity index (χ3n) is 4.45. The summed E-state index contributed by atoms with van der Waals surface area (Å²) >= 11 is 13.4. The van der Waals surface area contributed by atoms with Crippen LogP contribution in [0.2, 0.25) is 10.0 Å². The lowest BCUT2D eigenvalue weighted by Gasteiger charge is -2.10. The summed E-state index contributed by atoms with van der Waals surface area (Å²) in [4.78, 5) is 30.8. The highest BCUT2D eigenvalue weighted by atomic mass is 35.5. The molecule has 1 fully saturated rings. The molecule has 1 saturated heterocycles. The average molecular weight is 436 g/mol. The summed E-state index contributed by atoms with van der Waals surface area (Å²) < 4.78 is 0. The highest BCUT2D eigenvalue weighted by Gasteiger charge is 2.37. The molecule has 2 aromatic carbocycles. The molecule has 0 radical (unpaired) electrons. The van der Waals surface area contributed by atoms with Gasteiger partial charge in [0.15, 0.2) is 5.17 Å². The Morgan fingerprint density at radius 3 is 2.68 bits per heavy atom. The van der Waals surface area contributed by atoms with Crippen molar-refractivity contribution < 1.29 is 9.59 Å². The maximum Gasteiger partial charge on any atom is 0.242 e. The standard InChI is InChI=1S/C20H19Cl2N3O2S/c1-11-7-8-13(9-12(11)2)23-17(26)10-16-19(27)25(3)20(28-16)24-15-6-4-5-14(21)18(15)22/h4-9,16H,10H2,1-3H3,(H,23,26). The van der Waals surface area contributed by atoms with Crippen molar-refractivity contribution in [2.75, 3.05) is 12.4 Å². The van der Waals surface area contributed by atoms with E-state index in [-0.39, 0.29) is 18.2 Å². The highest BCUT2D eigenvalue weighted by Crippen LogP contribution is 2.35. The molecule has 1 unspecified atom stereocenters. The Morgan fingerprint density at radius 1 is 1.21 bits per heavy atom. The molecule has 0 bridgehead atoms. The Bertz CT molecular complexity index is 978. The van der Waals surface area contributed by atoms with Gasteiger partial charge < -0.3 is 5.32 Å². The molecule has 3 rings (SSSR count). The first-order valence-corrected chi connectivity index (χ1v) is 10.2. The fraction of sp³-hybridized carbons (Fsp3) is 0.250. The van der Waals surface area contributed by atoms with Crippen molar-refractivity contribution in [3.8, 4) is 0 Å². The van der Waals surface area contributed by atoms with Gasteiger partial charge in [-0.2, -0.15) is 0 Å². The van der Waals surface area contributed by atoms with Gasteiger partial charge in [0.05, 0.1) is 15.7 Å². The van der Waals surface area contributed by atoms with Gasteiger partial charge in [0, 0.05) is 19.2 Å². The topological polar surface area (TPSA) is 61.8 Å². The predicted molar refractivity (Wildman–Crippen MR) is 117 cm³/mol. The second kappa shape index (κ2) is 8.55. The van der Waals surface area contributed by atoms with Gasteiger partial charge in [-0.1, -0.05) is 47.1 Å². The summed E-state index contributed by atoms with van der Waals surface area (Å²) in [6, 6.07) is 10.8. The number of carbonyl (C=O) groups excluding carboxylic acids is 2. The van der Waals surface area contributed by atoms with Crippen LogP contribution in [0.3, 0.4) is 0 Å². The Morgan fingerprint density at radius 2 is 1.96 bits per heavy atom. The Balaban J connectivity index is 1.70. The number of hydrogen-bond acceptors (Lipinski definition) is 4. The predicted octanol–water partition coefficient (Wildman–Crippen LogP) is 5.20. The molecule has 1 aliphatic rings. The van der Waals surface area contributed by atoms with Gasteiger partial charge in [-0.25, -0.2) is 4.99 Å². The molecule has 28 heavy (non-hydrogen) atoms. The van der Waals surface area contributed by atoms with Crippen molar-refractivity contribution in [1.29, 1.82) is 0 Å². The second-order valence-electron chi connectivity index (χ2n) is 6.52. The molecular formula is C20H19Cl2N3O2S. The third-order valence-corrected chi connectivity index (χ3v) is 6.49. The molecule has 2 amide bonds. The number of nitrogens with one attached hydrogen (secondary N) is 1. The zero-order valence-electron chi connectivity index (χ0n) is 15.6. The smallest absolute Gasteiger partial charge is 0.242 e. The van der Waals surface area contributed by atoms with Gasteiger partial charge in [0.1, 0.15) is 5.25 Å². The minimum absolute atomic E-state index is 0.0586. The summed E-state index contributed by atoms with van der Waals surface area (Å²) in [5.74, 6) is -0.387. The molecule has 8 heteroatoms. The van der Waals surface area contributed by atoms with Crippen molar-refractivity contribution in [1.82, 2.24) is 4.90 Å². The summed E-state index contributed by atoms with van der Waals surface area (Å²) in [6.45, 7) is 4.00. The van der Waals surface area contributed by atoms with E-state index < -0.39 is 5.25 Å². The van der Waals surface area contributed by atoms with E-state index in [4.69, 9.17) is 23.2 Å². The first-order chi connectivity index (χ1) is 13.3. The van der Waals surface area contributed by atoms with Crippen molar-refractivity contribution in [3.05, 3.63) is 57.6 Å². The number of aliphatic imine (C=N–C) groups is 1. The van der Waals surface area contributed by atoms with Gasteiger partial charge in [0.25, 0.3) is 0 Å². The lowest BCUT2D eigenvalue weighted by Crippen LogP contribution is -2.30. The van der Waals surface area contributed by atoms with Crippen LogP contribution in [0.5, 0.6) is 0 Å². The van der Waals surface area contributed by atoms with Crippen LogP contribution in [-0.4, -0.2) is 34.2 Å². The summed E-state index contributed by atoms with van der Waals surface area (Å²) in [7, 11) is 1.63. The minimum Gasteiger partial charge on any atom is -0.326 e. The number of aryl methyl sites for hydroxylation is 2. The molecule has 1 atom stereocenters. The number of carbonyl (C=O) groups is 2. The van der Waals surface area contributed by atoms with Crippen LogP contribution in [0.25, 0.3) is 0 Å². The largest absolute Gasteiger partial charge is 0.326 e. The number of amidine groups is 1. The molecule has 1 heterocycles. The third kappa shape index (κ3) is 4.51. The number of anilines is 1. The van der Waals surface area contributed by atoms with E-state index in [9.17, 15) is 9.59 Å². The van der Waals surface area contributed by atoms with E-state index in [0.717, 1.165) is 16.8 Å². The minimum atomic E-state index is -0.534. The summed E-state index contributed by atoms with van der Waals surface area (Å²) in [5, 5.41) is 3.52. The van der Waals surface area contributed by atoms with Gasteiger partial charge in [-0.15, -0.1) is 0 Å². The molecule has 0 aromatic heterocycles. The van der Waals surface area contributed by atoms with Crippen LogP contribution in [0.15, 0.2) is 41.4 Å². The molecule has 146 valence electrons. The fourth-order valence-corrected chi connectivity index (χ4v) is 4.16. The molecule has 0 spiro atoms. The van der Waals surface area contributed by atoms with E-state index in [1.807, 2.05) is 32.0 Å². The maximum absolute atomic E-state index is 12.5.